The summed E-state index contributed by atoms with van der Waals surface area (Å²) in [7, 11) is 3.94. The van der Waals surface area contributed by atoms with Crippen LogP contribution >= 0.6 is 11.8 Å². The van der Waals surface area contributed by atoms with Gasteiger partial charge in [0.2, 0.25) is 0 Å². The fourth-order valence-electron chi connectivity index (χ4n) is 2.53. The van der Waals surface area contributed by atoms with E-state index in [4.69, 9.17) is 0 Å². The van der Waals surface area contributed by atoms with Crippen molar-refractivity contribution in [2.24, 2.45) is 0 Å². The van der Waals surface area contributed by atoms with Crippen LogP contribution in [-0.4, -0.2) is 35.1 Å². The van der Waals surface area contributed by atoms with Crippen LogP contribution in [0.3, 0.4) is 0 Å². The zero-order valence-electron chi connectivity index (χ0n) is 14.3. The molecule has 3 aromatic rings. The molecule has 6 heteroatoms. The summed E-state index contributed by atoms with van der Waals surface area (Å²) in [5.74, 6) is 0.305. The smallest absolute Gasteiger partial charge is 0.262 e. The Morgan fingerprint density at radius 3 is 2.72 bits per heavy atom. The molecule has 0 bridgehead atoms. The lowest BCUT2D eigenvalue weighted by molar-refractivity contribution is 0.371. The summed E-state index contributed by atoms with van der Waals surface area (Å²) < 4.78 is 15.1. The molecule has 130 valence electrons. The third-order valence-corrected chi connectivity index (χ3v) is 4.90. The van der Waals surface area contributed by atoms with Gasteiger partial charge in [-0.15, -0.1) is 0 Å². The van der Waals surface area contributed by atoms with Gasteiger partial charge in [-0.2, -0.15) is 0 Å². The molecule has 0 amide bonds. The van der Waals surface area contributed by atoms with Crippen molar-refractivity contribution in [1.82, 2.24) is 14.5 Å². The molecule has 0 saturated carbocycles. The zero-order valence-corrected chi connectivity index (χ0v) is 15.1. The maximum atomic E-state index is 13.4. The van der Waals surface area contributed by atoms with Crippen LogP contribution in [0.2, 0.25) is 0 Å². The average Bonchev–Trinajstić information content (AvgIpc) is 2.59. The van der Waals surface area contributed by atoms with E-state index >= 15 is 0 Å². The molecule has 0 atom stereocenters. The molecule has 1 aromatic heterocycles. The van der Waals surface area contributed by atoms with Crippen molar-refractivity contribution in [3.8, 4) is 0 Å². The van der Waals surface area contributed by atoms with E-state index in [0.29, 0.717) is 28.4 Å². The summed E-state index contributed by atoms with van der Waals surface area (Å²) in [5, 5.41) is 1.28. The van der Waals surface area contributed by atoms with E-state index in [1.807, 2.05) is 43.3 Å². The molecule has 25 heavy (non-hydrogen) atoms. The second-order valence-corrected chi connectivity index (χ2v) is 7.03. The van der Waals surface area contributed by atoms with E-state index in [1.165, 1.54) is 23.9 Å². The van der Waals surface area contributed by atoms with Crippen molar-refractivity contribution < 1.29 is 4.39 Å². The van der Waals surface area contributed by atoms with Crippen molar-refractivity contribution in [2.75, 3.05) is 20.6 Å². The third-order valence-electron chi connectivity index (χ3n) is 3.85. The molecule has 0 aliphatic heterocycles. The van der Waals surface area contributed by atoms with Gasteiger partial charge in [-0.25, -0.2) is 9.37 Å². The van der Waals surface area contributed by atoms with Gasteiger partial charge in [-0.1, -0.05) is 36.0 Å². The lowest BCUT2D eigenvalue weighted by Gasteiger charge is -2.15. The maximum absolute atomic E-state index is 13.4. The summed E-state index contributed by atoms with van der Waals surface area (Å²) in [6.07, 6.45) is 0. The van der Waals surface area contributed by atoms with Crippen LogP contribution < -0.4 is 5.56 Å². The van der Waals surface area contributed by atoms with Crippen LogP contribution in [0.1, 0.15) is 5.56 Å². The van der Waals surface area contributed by atoms with Gasteiger partial charge in [-0.05, 0) is 43.9 Å². The van der Waals surface area contributed by atoms with E-state index in [0.717, 1.165) is 12.1 Å². The van der Waals surface area contributed by atoms with E-state index < -0.39 is 0 Å². The number of fused-ring (bicyclic) bond motifs is 1. The zero-order chi connectivity index (χ0) is 17.8. The van der Waals surface area contributed by atoms with Gasteiger partial charge in [0.1, 0.15) is 5.82 Å². The molecule has 0 unspecified atom stereocenters. The number of aromatic nitrogens is 2. The standard InChI is InChI=1S/C19H20FN3OS/c1-22(2)10-11-23-18(24)16-8-3-4-9-17(16)21-19(23)25-13-14-6-5-7-15(20)12-14/h3-9,12H,10-11,13H2,1-2H3. The summed E-state index contributed by atoms with van der Waals surface area (Å²) in [6, 6.07) is 13.9. The van der Waals surface area contributed by atoms with E-state index in [2.05, 4.69) is 4.98 Å². The maximum Gasteiger partial charge on any atom is 0.262 e. The Bertz CT molecular complexity index is 939. The van der Waals surface area contributed by atoms with Crippen LogP contribution in [0.25, 0.3) is 10.9 Å². The fourth-order valence-corrected chi connectivity index (χ4v) is 3.50. The molecule has 0 radical (unpaired) electrons. The number of rotatable bonds is 6. The minimum atomic E-state index is -0.255. The minimum Gasteiger partial charge on any atom is -0.308 e. The van der Waals surface area contributed by atoms with Gasteiger partial charge in [0.05, 0.1) is 10.9 Å². The molecule has 0 N–H and O–H groups in total. The van der Waals surface area contributed by atoms with Gasteiger partial charge in [0.15, 0.2) is 5.16 Å². The SMILES string of the molecule is CN(C)CCn1c(SCc2cccc(F)c2)nc2ccccc2c1=O. The average molecular weight is 357 g/mol. The molecule has 1 heterocycles. The lowest BCUT2D eigenvalue weighted by atomic mass is 10.2. The van der Waals surface area contributed by atoms with Crippen LogP contribution in [0, 0.1) is 5.82 Å². The van der Waals surface area contributed by atoms with E-state index in [9.17, 15) is 9.18 Å². The van der Waals surface area contributed by atoms with Crippen molar-refractivity contribution in [3.63, 3.8) is 0 Å². The Kier molecular flexibility index (Phi) is 5.50. The molecule has 0 saturated heterocycles. The predicted molar refractivity (Wildman–Crippen MR) is 101 cm³/mol. The molecule has 3 rings (SSSR count). The molecule has 0 spiro atoms. The highest BCUT2D eigenvalue weighted by atomic mass is 32.2. The molecular formula is C19H20FN3OS. The highest BCUT2D eigenvalue weighted by Gasteiger charge is 2.12. The molecule has 0 fully saturated rings. The normalized spacial score (nSPS) is 11.4. The lowest BCUT2D eigenvalue weighted by Crippen LogP contribution is -2.28. The first kappa shape index (κ1) is 17.6. The van der Waals surface area contributed by atoms with Gasteiger partial charge < -0.3 is 4.90 Å². The molecule has 0 aliphatic rings. The van der Waals surface area contributed by atoms with Crippen LogP contribution in [0.5, 0.6) is 0 Å². The number of likely N-dealkylation sites (N-methyl/N-ethyl adjacent to an activating group) is 1. The minimum absolute atomic E-state index is 0.0332. The fraction of sp³-hybridized carbons (Fsp3) is 0.263. The molecule has 4 nitrogen and oxygen atoms in total. The molecule has 0 aliphatic carbocycles. The first-order valence-corrected chi connectivity index (χ1v) is 9.05. The highest BCUT2D eigenvalue weighted by molar-refractivity contribution is 7.98. The van der Waals surface area contributed by atoms with E-state index in [-0.39, 0.29) is 11.4 Å². The van der Waals surface area contributed by atoms with Crippen LogP contribution in [0.15, 0.2) is 58.5 Å². The first-order valence-electron chi connectivity index (χ1n) is 8.06. The van der Waals surface area contributed by atoms with Gasteiger partial charge in [0.25, 0.3) is 5.56 Å². The molecular weight excluding hydrogens is 337 g/mol. The third kappa shape index (κ3) is 4.27. The quantitative estimate of drug-likeness (QED) is 0.501. The largest absolute Gasteiger partial charge is 0.308 e. The van der Waals surface area contributed by atoms with Gasteiger partial charge in [-0.3, -0.25) is 9.36 Å². The number of thioether (sulfide) groups is 1. The van der Waals surface area contributed by atoms with Crippen LogP contribution in [-0.2, 0) is 12.3 Å². The first-order chi connectivity index (χ1) is 12.0. The summed E-state index contributed by atoms with van der Waals surface area (Å²) in [6.45, 7) is 1.31. The van der Waals surface area contributed by atoms with Crippen molar-refractivity contribution in [1.29, 1.82) is 0 Å². The predicted octanol–water partition coefficient (Wildman–Crippen LogP) is 3.39. The van der Waals surface area contributed by atoms with Crippen molar-refractivity contribution in [2.45, 2.75) is 17.5 Å². The summed E-state index contributed by atoms with van der Waals surface area (Å²) in [4.78, 5) is 19.6. The number of nitrogens with zero attached hydrogens (tertiary/aromatic N) is 3. The number of hydrogen-bond donors (Lipinski definition) is 0. The Hall–Kier alpha value is -2.18. The summed E-state index contributed by atoms with van der Waals surface area (Å²) in [5.41, 5.74) is 1.52. The second kappa shape index (κ2) is 7.80. The Morgan fingerprint density at radius 1 is 1.16 bits per heavy atom. The van der Waals surface area contributed by atoms with Crippen molar-refractivity contribution >= 4 is 22.7 Å². The van der Waals surface area contributed by atoms with Crippen molar-refractivity contribution in [3.05, 3.63) is 70.3 Å². The van der Waals surface area contributed by atoms with Crippen LogP contribution in [0.4, 0.5) is 4.39 Å². The topological polar surface area (TPSA) is 38.1 Å². The number of halogens is 1. The Morgan fingerprint density at radius 2 is 1.96 bits per heavy atom. The number of benzene rings is 2. The number of para-hydroxylation sites is 1. The van der Waals surface area contributed by atoms with Gasteiger partial charge in [0, 0.05) is 18.8 Å². The van der Waals surface area contributed by atoms with E-state index in [1.54, 1.807) is 16.7 Å². The van der Waals surface area contributed by atoms with Gasteiger partial charge >= 0.3 is 0 Å². The summed E-state index contributed by atoms with van der Waals surface area (Å²) >= 11 is 1.46. The highest BCUT2D eigenvalue weighted by Crippen LogP contribution is 2.22. The molecule has 2 aromatic carbocycles. The monoisotopic (exact) mass is 357 g/mol. The second-order valence-electron chi connectivity index (χ2n) is 6.09. The Balaban J connectivity index is 1.96. The number of hydrogen-bond acceptors (Lipinski definition) is 4. The Labute approximate surface area is 150 Å².